The van der Waals surface area contributed by atoms with E-state index in [0.717, 1.165) is 26.9 Å². The number of amides is 1. The SMILES string of the molecule is O=C(O)N1CCN2c3ncnc4cc(Br)cc(c34)OC[C@H]2C1. The Hall–Kier alpha value is -2.09. The molecule has 1 amide bonds. The van der Waals surface area contributed by atoms with E-state index < -0.39 is 6.09 Å². The topological polar surface area (TPSA) is 78.8 Å². The lowest BCUT2D eigenvalue weighted by Gasteiger charge is -2.39. The quantitative estimate of drug-likeness (QED) is 0.769. The predicted molar refractivity (Wildman–Crippen MR) is 83.5 cm³/mol. The molecule has 0 radical (unpaired) electrons. The van der Waals surface area contributed by atoms with E-state index in [-0.39, 0.29) is 6.04 Å². The molecular weight excluding hydrogens is 352 g/mol. The molecule has 1 fully saturated rings. The minimum atomic E-state index is -0.892. The molecule has 3 heterocycles. The highest BCUT2D eigenvalue weighted by atomic mass is 79.9. The van der Waals surface area contributed by atoms with Crippen LogP contribution in [0, 0.1) is 0 Å². The van der Waals surface area contributed by atoms with Crippen molar-refractivity contribution >= 4 is 38.7 Å². The summed E-state index contributed by atoms with van der Waals surface area (Å²) in [6, 6.07) is 3.79. The maximum atomic E-state index is 11.2. The van der Waals surface area contributed by atoms with E-state index in [1.807, 2.05) is 12.1 Å². The second-order valence-electron chi connectivity index (χ2n) is 5.38. The van der Waals surface area contributed by atoms with Crippen LogP contribution in [0.25, 0.3) is 10.9 Å². The van der Waals surface area contributed by atoms with E-state index in [1.165, 1.54) is 4.90 Å². The number of carbonyl (C=O) groups is 1. The number of nitrogens with zero attached hydrogens (tertiary/aromatic N) is 4. The minimum absolute atomic E-state index is 0.0471. The summed E-state index contributed by atoms with van der Waals surface area (Å²) in [5.74, 6) is 1.55. The van der Waals surface area contributed by atoms with Crippen LogP contribution >= 0.6 is 15.9 Å². The molecule has 22 heavy (non-hydrogen) atoms. The molecule has 0 unspecified atom stereocenters. The lowest BCUT2D eigenvalue weighted by atomic mass is 10.1. The average molecular weight is 365 g/mol. The monoisotopic (exact) mass is 364 g/mol. The van der Waals surface area contributed by atoms with E-state index in [1.54, 1.807) is 6.33 Å². The molecule has 8 heteroatoms. The van der Waals surface area contributed by atoms with Gasteiger partial charge < -0.3 is 19.6 Å². The van der Waals surface area contributed by atoms with Crippen LogP contribution in [0.4, 0.5) is 10.6 Å². The number of halogens is 1. The molecule has 0 spiro atoms. The van der Waals surface area contributed by atoms with Gasteiger partial charge in [-0.2, -0.15) is 0 Å². The number of benzene rings is 1. The van der Waals surface area contributed by atoms with Crippen molar-refractivity contribution in [3.8, 4) is 5.75 Å². The summed E-state index contributed by atoms with van der Waals surface area (Å²) < 4.78 is 6.82. The highest BCUT2D eigenvalue weighted by molar-refractivity contribution is 9.10. The van der Waals surface area contributed by atoms with Crippen LogP contribution < -0.4 is 9.64 Å². The number of hydrogen-bond acceptors (Lipinski definition) is 5. The van der Waals surface area contributed by atoms with Gasteiger partial charge in [0.05, 0.1) is 16.9 Å². The fraction of sp³-hybridized carbons (Fsp3) is 0.357. The average Bonchev–Trinajstić information content (AvgIpc) is 2.66. The molecule has 114 valence electrons. The molecule has 1 aromatic carbocycles. The number of anilines is 1. The molecule has 2 aliphatic rings. The van der Waals surface area contributed by atoms with Gasteiger partial charge in [-0.3, -0.25) is 0 Å². The molecular formula is C14H13BrN4O3. The number of carboxylic acid groups (broad SMARTS) is 1. The smallest absolute Gasteiger partial charge is 0.407 e. The molecule has 1 saturated heterocycles. The molecule has 2 aromatic rings. The first kappa shape index (κ1) is 13.6. The Bertz CT molecular complexity index is 769. The molecule has 1 aromatic heterocycles. The summed E-state index contributed by atoms with van der Waals surface area (Å²) in [6.07, 6.45) is 0.650. The molecule has 0 saturated carbocycles. The van der Waals surface area contributed by atoms with Crippen molar-refractivity contribution in [1.82, 2.24) is 14.9 Å². The third-order valence-electron chi connectivity index (χ3n) is 4.10. The summed E-state index contributed by atoms with van der Waals surface area (Å²) in [5, 5.41) is 10.1. The second-order valence-corrected chi connectivity index (χ2v) is 6.30. The van der Waals surface area contributed by atoms with Crippen molar-refractivity contribution in [2.24, 2.45) is 0 Å². The molecule has 0 bridgehead atoms. The van der Waals surface area contributed by atoms with Gasteiger partial charge in [-0.05, 0) is 12.1 Å². The third-order valence-corrected chi connectivity index (χ3v) is 4.56. The van der Waals surface area contributed by atoms with E-state index in [4.69, 9.17) is 4.74 Å². The number of hydrogen-bond donors (Lipinski definition) is 1. The van der Waals surface area contributed by atoms with E-state index in [2.05, 4.69) is 30.8 Å². The second kappa shape index (κ2) is 4.98. The lowest BCUT2D eigenvalue weighted by molar-refractivity contribution is 0.127. The first-order valence-electron chi connectivity index (χ1n) is 6.95. The number of ether oxygens (including phenoxy) is 1. The first-order chi connectivity index (χ1) is 10.6. The van der Waals surface area contributed by atoms with Crippen molar-refractivity contribution in [3.05, 3.63) is 22.9 Å². The minimum Gasteiger partial charge on any atom is -0.490 e. The van der Waals surface area contributed by atoms with Crippen LogP contribution in [0.15, 0.2) is 22.9 Å². The van der Waals surface area contributed by atoms with Gasteiger partial charge in [0.1, 0.15) is 24.5 Å². The third kappa shape index (κ3) is 2.06. The van der Waals surface area contributed by atoms with Crippen molar-refractivity contribution in [2.75, 3.05) is 31.1 Å². The van der Waals surface area contributed by atoms with E-state index in [9.17, 15) is 9.90 Å². The standard InChI is InChI=1S/C14H13BrN4O3/c15-8-3-10-12-11(4-8)22-6-9-5-18(14(20)21)1-2-19(9)13(12)17-7-16-10/h3-4,7,9H,1-2,5-6H2,(H,20,21)/t9-/m1/s1. The Balaban J connectivity index is 1.82. The highest BCUT2D eigenvalue weighted by Gasteiger charge is 2.34. The first-order valence-corrected chi connectivity index (χ1v) is 7.74. The van der Waals surface area contributed by atoms with Gasteiger partial charge in [0.2, 0.25) is 0 Å². The molecule has 4 rings (SSSR count). The summed E-state index contributed by atoms with van der Waals surface area (Å²) in [4.78, 5) is 23.5. The zero-order valence-corrected chi connectivity index (χ0v) is 13.2. The fourth-order valence-electron chi connectivity index (χ4n) is 3.07. The van der Waals surface area contributed by atoms with Gasteiger partial charge in [0.25, 0.3) is 0 Å². The zero-order chi connectivity index (χ0) is 15.3. The number of fused-ring (bicyclic) bond motifs is 2. The van der Waals surface area contributed by atoms with Crippen molar-refractivity contribution in [2.45, 2.75) is 6.04 Å². The number of rotatable bonds is 0. The summed E-state index contributed by atoms with van der Waals surface area (Å²) in [7, 11) is 0. The molecule has 2 aliphatic heterocycles. The van der Waals surface area contributed by atoms with Crippen LogP contribution in [-0.4, -0.2) is 58.4 Å². The zero-order valence-electron chi connectivity index (χ0n) is 11.6. The van der Waals surface area contributed by atoms with Gasteiger partial charge >= 0.3 is 6.09 Å². The van der Waals surface area contributed by atoms with Crippen LogP contribution in [0.1, 0.15) is 0 Å². The fourth-order valence-corrected chi connectivity index (χ4v) is 3.50. The van der Waals surface area contributed by atoms with Crippen LogP contribution in [-0.2, 0) is 0 Å². The van der Waals surface area contributed by atoms with Gasteiger partial charge in [0.15, 0.2) is 0 Å². The Kier molecular flexibility index (Phi) is 3.07. The Morgan fingerprint density at radius 2 is 2.23 bits per heavy atom. The normalized spacial score (nSPS) is 20.3. The number of aromatic nitrogens is 2. The molecule has 1 atom stereocenters. The van der Waals surface area contributed by atoms with Crippen LogP contribution in [0.3, 0.4) is 0 Å². The largest absolute Gasteiger partial charge is 0.490 e. The van der Waals surface area contributed by atoms with Crippen molar-refractivity contribution in [1.29, 1.82) is 0 Å². The van der Waals surface area contributed by atoms with Crippen molar-refractivity contribution in [3.63, 3.8) is 0 Å². The van der Waals surface area contributed by atoms with Gasteiger partial charge in [-0.1, -0.05) is 15.9 Å². The lowest BCUT2D eigenvalue weighted by Crippen LogP contribution is -2.56. The number of piperazine rings is 1. The molecule has 7 nitrogen and oxygen atoms in total. The molecule has 0 aliphatic carbocycles. The Morgan fingerprint density at radius 1 is 1.36 bits per heavy atom. The Labute approximate surface area is 134 Å². The van der Waals surface area contributed by atoms with Gasteiger partial charge in [0, 0.05) is 24.1 Å². The highest BCUT2D eigenvalue weighted by Crippen LogP contribution is 2.38. The van der Waals surface area contributed by atoms with Crippen LogP contribution in [0.5, 0.6) is 5.75 Å². The summed E-state index contributed by atoms with van der Waals surface area (Å²) >= 11 is 3.46. The van der Waals surface area contributed by atoms with Crippen LogP contribution in [0.2, 0.25) is 0 Å². The summed E-state index contributed by atoms with van der Waals surface area (Å²) in [6.45, 7) is 1.90. The van der Waals surface area contributed by atoms with Gasteiger partial charge in [-0.15, -0.1) is 0 Å². The Morgan fingerprint density at radius 3 is 3.05 bits per heavy atom. The van der Waals surface area contributed by atoms with Gasteiger partial charge in [-0.25, -0.2) is 14.8 Å². The van der Waals surface area contributed by atoms with Crippen molar-refractivity contribution < 1.29 is 14.6 Å². The molecule has 1 N–H and O–H groups in total. The van der Waals surface area contributed by atoms with E-state index in [0.29, 0.717) is 26.2 Å². The maximum Gasteiger partial charge on any atom is 0.407 e. The van der Waals surface area contributed by atoms with E-state index >= 15 is 0 Å². The predicted octanol–water partition coefficient (Wildman–Crippen LogP) is 1.95. The maximum absolute atomic E-state index is 11.2. The summed E-state index contributed by atoms with van der Waals surface area (Å²) in [5.41, 5.74) is 0.815.